The van der Waals surface area contributed by atoms with Gasteiger partial charge in [0.15, 0.2) is 0 Å². The Morgan fingerprint density at radius 1 is 1.41 bits per heavy atom. The summed E-state index contributed by atoms with van der Waals surface area (Å²) in [6.45, 7) is 6.57. The maximum absolute atomic E-state index is 13.0. The molecule has 2 heterocycles. The summed E-state index contributed by atoms with van der Waals surface area (Å²) in [7, 11) is 0. The standard InChI is InChI=1S/C17H23NO4/c1-12-7-13-3-5-22-15(13)14(8-12)16(20)18-4-6-21-11-17(2,9-18)10-19/h7-8,19H,3-6,9-11H2,1-2H3. The first kappa shape index (κ1) is 15.3. The van der Waals surface area contributed by atoms with Crippen molar-refractivity contribution >= 4 is 5.91 Å². The summed E-state index contributed by atoms with van der Waals surface area (Å²) in [5, 5.41) is 9.60. The zero-order chi connectivity index (χ0) is 15.7. The van der Waals surface area contributed by atoms with E-state index in [1.165, 1.54) is 0 Å². The third kappa shape index (κ3) is 2.83. The average Bonchev–Trinajstić information content (AvgIpc) is 2.87. The Morgan fingerprint density at radius 2 is 2.23 bits per heavy atom. The normalized spacial score (nSPS) is 24.6. The first-order valence-electron chi connectivity index (χ1n) is 7.77. The van der Waals surface area contributed by atoms with E-state index in [2.05, 4.69) is 6.07 Å². The molecule has 1 unspecified atom stereocenters. The third-order valence-electron chi connectivity index (χ3n) is 4.36. The van der Waals surface area contributed by atoms with Crippen molar-refractivity contribution in [3.05, 3.63) is 28.8 Å². The van der Waals surface area contributed by atoms with Crippen LogP contribution >= 0.6 is 0 Å². The summed E-state index contributed by atoms with van der Waals surface area (Å²) in [5.41, 5.74) is 2.40. The quantitative estimate of drug-likeness (QED) is 0.897. The molecule has 1 amide bonds. The topological polar surface area (TPSA) is 59.0 Å². The first-order valence-corrected chi connectivity index (χ1v) is 7.77. The third-order valence-corrected chi connectivity index (χ3v) is 4.36. The van der Waals surface area contributed by atoms with Gasteiger partial charge in [0, 0.05) is 24.9 Å². The monoisotopic (exact) mass is 305 g/mol. The molecule has 1 N–H and O–H groups in total. The van der Waals surface area contributed by atoms with Crippen molar-refractivity contribution in [1.29, 1.82) is 0 Å². The van der Waals surface area contributed by atoms with E-state index in [-0.39, 0.29) is 12.5 Å². The van der Waals surface area contributed by atoms with Gasteiger partial charge in [-0.15, -0.1) is 0 Å². The molecule has 0 aliphatic carbocycles. The van der Waals surface area contributed by atoms with E-state index in [0.717, 1.165) is 23.3 Å². The molecule has 0 bridgehead atoms. The Balaban J connectivity index is 1.90. The van der Waals surface area contributed by atoms with E-state index in [9.17, 15) is 9.90 Å². The average molecular weight is 305 g/mol. The number of hydrogen-bond acceptors (Lipinski definition) is 4. The van der Waals surface area contributed by atoms with Crippen LogP contribution in [0.4, 0.5) is 0 Å². The van der Waals surface area contributed by atoms with Gasteiger partial charge in [-0.1, -0.05) is 13.0 Å². The van der Waals surface area contributed by atoms with Gasteiger partial charge in [-0.3, -0.25) is 4.79 Å². The number of aliphatic hydroxyl groups excluding tert-OH is 1. The van der Waals surface area contributed by atoms with Gasteiger partial charge in [-0.2, -0.15) is 0 Å². The maximum atomic E-state index is 13.0. The Bertz CT molecular complexity index is 586. The molecule has 22 heavy (non-hydrogen) atoms. The van der Waals surface area contributed by atoms with Gasteiger partial charge in [0.05, 0.1) is 32.0 Å². The van der Waals surface area contributed by atoms with Crippen LogP contribution in [0.5, 0.6) is 5.75 Å². The zero-order valence-electron chi connectivity index (χ0n) is 13.2. The van der Waals surface area contributed by atoms with E-state index in [1.807, 2.05) is 19.9 Å². The van der Waals surface area contributed by atoms with Crippen molar-refractivity contribution in [2.75, 3.05) is 39.5 Å². The Kier molecular flexibility index (Phi) is 4.10. The van der Waals surface area contributed by atoms with Gasteiger partial charge in [-0.25, -0.2) is 0 Å². The number of carbonyl (C=O) groups is 1. The number of hydrogen-bond donors (Lipinski definition) is 1. The predicted octanol–water partition coefficient (Wildman–Crippen LogP) is 1.40. The molecule has 0 aromatic heterocycles. The molecule has 2 aliphatic heterocycles. The largest absolute Gasteiger partial charge is 0.492 e. The maximum Gasteiger partial charge on any atom is 0.257 e. The highest BCUT2D eigenvalue weighted by Crippen LogP contribution is 2.32. The van der Waals surface area contributed by atoms with Crippen LogP contribution in [0, 0.1) is 12.3 Å². The molecule has 0 radical (unpaired) electrons. The highest BCUT2D eigenvalue weighted by molar-refractivity contribution is 5.98. The predicted molar refractivity (Wildman–Crippen MR) is 82.3 cm³/mol. The zero-order valence-corrected chi connectivity index (χ0v) is 13.2. The molecule has 5 nitrogen and oxygen atoms in total. The Hall–Kier alpha value is -1.59. The smallest absolute Gasteiger partial charge is 0.257 e. The van der Waals surface area contributed by atoms with E-state index in [0.29, 0.717) is 38.5 Å². The summed E-state index contributed by atoms with van der Waals surface area (Å²) in [6.07, 6.45) is 0.856. The van der Waals surface area contributed by atoms with Crippen LogP contribution in [0.15, 0.2) is 12.1 Å². The van der Waals surface area contributed by atoms with Gasteiger partial charge in [0.25, 0.3) is 5.91 Å². The van der Waals surface area contributed by atoms with Gasteiger partial charge in [0.1, 0.15) is 5.75 Å². The van der Waals surface area contributed by atoms with Gasteiger partial charge >= 0.3 is 0 Å². The van der Waals surface area contributed by atoms with Crippen LogP contribution in [-0.4, -0.2) is 55.4 Å². The Labute approximate surface area is 130 Å². The summed E-state index contributed by atoms with van der Waals surface area (Å²) in [5.74, 6) is 0.693. The highest BCUT2D eigenvalue weighted by Gasteiger charge is 2.33. The molecule has 1 fully saturated rings. The number of benzene rings is 1. The molecule has 5 heteroatoms. The van der Waals surface area contributed by atoms with E-state index < -0.39 is 5.41 Å². The second kappa shape index (κ2) is 5.89. The van der Waals surface area contributed by atoms with Crippen molar-refractivity contribution in [2.45, 2.75) is 20.3 Å². The van der Waals surface area contributed by atoms with Crippen LogP contribution in [0.2, 0.25) is 0 Å². The fourth-order valence-electron chi connectivity index (χ4n) is 3.14. The molecular weight excluding hydrogens is 282 g/mol. The van der Waals surface area contributed by atoms with Crippen molar-refractivity contribution < 1.29 is 19.4 Å². The number of aliphatic hydroxyl groups is 1. The fourth-order valence-corrected chi connectivity index (χ4v) is 3.14. The lowest BCUT2D eigenvalue weighted by Crippen LogP contribution is -2.42. The molecule has 0 spiro atoms. The molecule has 1 aromatic carbocycles. The SMILES string of the molecule is Cc1cc2c(c(C(=O)N3CCOCC(C)(CO)C3)c1)OCC2. The number of aryl methyl sites for hydroxylation is 1. The summed E-state index contributed by atoms with van der Waals surface area (Å²) < 4.78 is 11.2. The van der Waals surface area contributed by atoms with Crippen LogP contribution in [0.3, 0.4) is 0 Å². The number of carbonyl (C=O) groups excluding carboxylic acids is 1. The summed E-state index contributed by atoms with van der Waals surface area (Å²) in [4.78, 5) is 14.8. The molecule has 2 aliphatic rings. The van der Waals surface area contributed by atoms with Gasteiger partial charge in [0.2, 0.25) is 0 Å². The molecule has 0 saturated carbocycles. The number of fused-ring (bicyclic) bond motifs is 1. The molecule has 1 saturated heterocycles. The molecule has 1 aromatic rings. The number of ether oxygens (including phenoxy) is 2. The van der Waals surface area contributed by atoms with Crippen LogP contribution in [-0.2, 0) is 11.2 Å². The summed E-state index contributed by atoms with van der Waals surface area (Å²) in [6, 6.07) is 3.98. The molecule has 1 atom stereocenters. The lowest BCUT2D eigenvalue weighted by Gasteiger charge is -2.30. The number of rotatable bonds is 2. The molecular formula is C17H23NO4. The van der Waals surface area contributed by atoms with Crippen molar-refractivity contribution in [1.82, 2.24) is 4.90 Å². The van der Waals surface area contributed by atoms with E-state index in [4.69, 9.17) is 9.47 Å². The number of amides is 1. The van der Waals surface area contributed by atoms with E-state index in [1.54, 1.807) is 4.90 Å². The minimum absolute atomic E-state index is 0.000789. The lowest BCUT2D eigenvalue weighted by molar-refractivity contribution is 0.0340. The second-order valence-electron chi connectivity index (χ2n) is 6.65. The van der Waals surface area contributed by atoms with Crippen LogP contribution in [0.1, 0.15) is 28.4 Å². The minimum atomic E-state index is -0.417. The molecule has 3 rings (SSSR count). The minimum Gasteiger partial charge on any atom is -0.492 e. The Morgan fingerprint density at radius 3 is 3.00 bits per heavy atom. The van der Waals surface area contributed by atoms with Crippen LogP contribution in [0.25, 0.3) is 0 Å². The highest BCUT2D eigenvalue weighted by atomic mass is 16.5. The van der Waals surface area contributed by atoms with Gasteiger partial charge < -0.3 is 19.5 Å². The van der Waals surface area contributed by atoms with Crippen LogP contribution < -0.4 is 4.74 Å². The summed E-state index contributed by atoms with van der Waals surface area (Å²) >= 11 is 0. The van der Waals surface area contributed by atoms with Crippen molar-refractivity contribution in [2.24, 2.45) is 5.41 Å². The first-order chi connectivity index (χ1) is 10.5. The van der Waals surface area contributed by atoms with Crippen molar-refractivity contribution in [3.8, 4) is 5.75 Å². The lowest BCUT2D eigenvalue weighted by atomic mass is 9.92. The van der Waals surface area contributed by atoms with Gasteiger partial charge in [-0.05, 0) is 24.1 Å². The van der Waals surface area contributed by atoms with E-state index >= 15 is 0 Å². The number of nitrogens with zero attached hydrogens (tertiary/aromatic N) is 1. The second-order valence-corrected chi connectivity index (χ2v) is 6.65. The molecule has 120 valence electrons. The van der Waals surface area contributed by atoms with Crippen molar-refractivity contribution in [3.63, 3.8) is 0 Å². The fraction of sp³-hybridized carbons (Fsp3) is 0.588.